The molecule has 5 nitrogen and oxygen atoms in total. The molecule has 29 heavy (non-hydrogen) atoms. The normalized spacial score (nSPS) is 23.6. The lowest BCUT2D eigenvalue weighted by molar-refractivity contribution is -0.0279. The van der Waals surface area contributed by atoms with Gasteiger partial charge in [-0.1, -0.05) is 34.1 Å². The first-order chi connectivity index (χ1) is 13.4. The maximum absolute atomic E-state index is 6.13. The molecule has 0 bridgehead atoms. The van der Waals surface area contributed by atoms with Crippen molar-refractivity contribution in [3.8, 4) is 0 Å². The highest BCUT2D eigenvalue weighted by Gasteiger charge is 2.42. The van der Waals surface area contributed by atoms with Gasteiger partial charge in [0.15, 0.2) is 0 Å². The Hall–Kier alpha value is -0.270. The predicted octanol–water partition coefficient (Wildman–Crippen LogP) is 4.03. The highest BCUT2D eigenvalue weighted by Crippen LogP contribution is 2.28. The van der Waals surface area contributed by atoms with E-state index in [1.54, 1.807) is 0 Å². The van der Waals surface area contributed by atoms with Crippen molar-refractivity contribution in [3.63, 3.8) is 0 Å². The van der Waals surface area contributed by atoms with Crippen molar-refractivity contribution in [3.05, 3.63) is 12.3 Å². The van der Waals surface area contributed by atoms with Crippen molar-refractivity contribution >= 4 is 12.6 Å². The van der Waals surface area contributed by atoms with E-state index in [0.717, 1.165) is 51.8 Å². The molecule has 0 radical (unpaired) electrons. The van der Waals surface area contributed by atoms with Crippen LogP contribution in [0.2, 0.25) is 0 Å². The average Bonchev–Trinajstić information content (AvgIpc) is 2.93. The lowest BCUT2D eigenvalue weighted by atomic mass is 9.87. The van der Waals surface area contributed by atoms with Gasteiger partial charge in [0, 0.05) is 23.4 Å². The van der Waals surface area contributed by atoms with Crippen LogP contribution in [0, 0.1) is 0 Å². The molecule has 0 aromatic heterocycles. The molecule has 3 atom stereocenters. The first-order valence-corrected chi connectivity index (χ1v) is 11.7. The van der Waals surface area contributed by atoms with Crippen molar-refractivity contribution < 1.29 is 9.47 Å². The lowest BCUT2D eigenvalue weighted by Crippen LogP contribution is -2.58. The minimum absolute atomic E-state index is 0.00331. The number of hydrogen-bond donors (Lipinski definition) is 4. The van der Waals surface area contributed by atoms with Crippen LogP contribution in [0.15, 0.2) is 12.3 Å². The zero-order chi connectivity index (χ0) is 22.1. The van der Waals surface area contributed by atoms with E-state index in [0.29, 0.717) is 6.04 Å². The summed E-state index contributed by atoms with van der Waals surface area (Å²) in [4.78, 5) is 0. The van der Waals surface area contributed by atoms with Crippen LogP contribution in [0.5, 0.6) is 0 Å². The molecule has 3 unspecified atom stereocenters. The van der Waals surface area contributed by atoms with Crippen LogP contribution in [0.3, 0.4) is 0 Å². The van der Waals surface area contributed by atoms with Gasteiger partial charge in [-0.3, -0.25) is 0 Å². The summed E-state index contributed by atoms with van der Waals surface area (Å²) >= 11 is 4.58. The van der Waals surface area contributed by atoms with Crippen LogP contribution in [-0.4, -0.2) is 53.8 Å². The second-order valence-corrected chi connectivity index (χ2v) is 11.4. The van der Waals surface area contributed by atoms with Crippen molar-refractivity contribution in [2.45, 2.75) is 115 Å². The van der Waals surface area contributed by atoms with Gasteiger partial charge in [-0.25, -0.2) is 0 Å². The number of unbranched alkanes of at least 4 members (excludes halogenated alkanes) is 1. The minimum atomic E-state index is -0.196. The predicted molar refractivity (Wildman–Crippen MR) is 128 cm³/mol. The SMILES string of the molecule is CC(C)NC(CCCCN)C1OC=CC1(C)NCCC(C)(C)OCCC(C)(C)S. The number of rotatable bonds is 15. The summed E-state index contributed by atoms with van der Waals surface area (Å²) in [6.07, 6.45) is 9.18. The maximum atomic E-state index is 6.13. The molecule has 1 rings (SSSR count). The monoisotopic (exact) mass is 429 g/mol. The van der Waals surface area contributed by atoms with E-state index >= 15 is 0 Å². The molecule has 0 amide bonds. The van der Waals surface area contributed by atoms with Crippen molar-refractivity contribution in [1.82, 2.24) is 10.6 Å². The molecular weight excluding hydrogens is 382 g/mol. The van der Waals surface area contributed by atoms with Crippen LogP contribution in [0.4, 0.5) is 0 Å². The van der Waals surface area contributed by atoms with E-state index in [-0.39, 0.29) is 28.0 Å². The lowest BCUT2D eigenvalue weighted by Gasteiger charge is -2.38. The zero-order valence-corrected chi connectivity index (χ0v) is 20.8. The molecule has 0 saturated heterocycles. The molecule has 1 aliphatic heterocycles. The molecule has 6 heteroatoms. The number of ether oxygens (including phenoxy) is 2. The molecule has 1 heterocycles. The third-order valence-corrected chi connectivity index (χ3v) is 5.78. The van der Waals surface area contributed by atoms with E-state index in [2.05, 4.69) is 77.8 Å². The Labute approximate surface area is 185 Å². The Kier molecular flexibility index (Phi) is 11.0. The smallest absolute Gasteiger partial charge is 0.134 e. The molecule has 1 aliphatic rings. The first-order valence-electron chi connectivity index (χ1n) is 11.3. The first kappa shape index (κ1) is 26.8. The van der Waals surface area contributed by atoms with Gasteiger partial charge in [-0.2, -0.15) is 12.6 Å². The quantitative estimate of drug-likeness (QED) is 0.234. The Morgan fingerprint density at radius 2 is 1.90 bits per heavy atom. The average molecular weight is 430 g/mol. The highest BCUT2D eigenvalue weighted by molar-refractivity contribution is 7.81. The fourth-order valence-corrected chi connectivity index (χ4v) is 3.81. The molecule has 4 N–H and O–H groups in total. The van der Waals surface area contributed by atoms with E-state index in [1.807, 2.05) is 6.26 Å². The van der Waals surface area contributed by atoms with Gasteiger partial charge >= 0.3 is 0 Å². The Balaban J connectivity index is 2.59. The van der Waals surface area contributed by atoms with E-state index in [9.17, 15) is 0 Å². The van der Waals surface area contributed by atoms with Crippen molar-refractivity contribution in [1.29, 1.82) is 0 Å². The van der Waals surface area contributed by atoms with Gasteiger partial charge in [0.1, 0.15) is 6.10 Å². The van der Waals surface area contributed by atoms with Gasteiger partial charge in [0.2, 0.25) is 0 Å². The van der Waals surface area contributed by atoms with Crippen LogP contribution in [0.25, 0.3) is 0 Å². The standard InChI is InChI=1S/C23H47N3O2S/c1-18(2)26-19(10-8-9-14-24)20-23(7,13-16-27-20)25-15-11-21(3,4)28-17-12-22(5,6)29/h13,16,18-20,25-26,29H,8-12,14-15,17,24H2,1-7H3. The molecule has 0 aromatic rings. The van der Waals surface area contributed by atoms with Crippen LogP contribution in [0.1, 0.15) is 80.6 Å². The van der Waals surface area contributed by atoms with Crippen molar-refractivity contribution in [2.75, 3.05) is 19.7 Å². The number of nitrogens with one attached hydrogen (secondary N) is 2. The minimum Gasteiger partial charge on any atom is -0.494 e. The fourth-order valence-electron chi connectivity index (χ4n) is 3.71. The Morgan fingerprint density at radius 1 is 1.21 bits per heavy atom. The summed E-state index contributed by atoms with van der Waals surface area (Å²) in [5, 5.41) is 7.45. The molecule has 0 fully saturated rings. The van der Waals surface area contributed by atoms with Crippen LogP contribution in [-0.2, 0) is 9.47 Å². The molecule has 0 aliphatic carbocycles. The molecule has 0 saturated carbocycles. The summed E-state index contributed by atoms with van der Waals surface area (Å²) in [7, 11) is 0. The summed E-state index contributed by atoms with van der Waals surface area (Å²) < 4.78 is 12.2. The molecule has 172 valence electrons. The summed E-state index contributed by atoms with van der Waals surface area (Å²) in [5.74, 6) is 0. The molecular formula is C23H47N3O2S. The summed E-state index contributed by atoms with van der Waals surface area (Å²) in [6, 6.07) is 0.700. The fraction of sp³-hybridized carbons (Fsp3) is 0.913. The van der Waals surface area contributed by atoms with Gasteiger partial charge < -0.3 is 25.8 Å². The summed E-state index contributed by atoms with van der Waals surface area (Å²) in [6.45, 7) is 17.5. The third kappa shape index (κ3) is 10.5. The topological polar surface area (TPSA) is 68.5 Å². The molecule has 0 spiro atoms. The largest absolute Gasteiger partial charge is 0.494 e. The highest BCUT2D eigenvalue weighted by atomic mass is 32.1. The summed E-state index contributed by atoms with van der Waals surface area (Å²) in [5.41, 5.74) is 5.33. The number of hydrogen-bond acceptors (Lipinski definition) is 6. The van der Waals surface area contributed by atoms with E-state index < -0.39 is 0 Å². The van der Waals surface area contributed by atoms with E-state index in [1.165, 1.54) is 0 Å². The second-order valence-electron chi connectivity index (χ2n) is 10.2. The maximum Gasteiger partial charge on any atom is 0.134 e. The van der Waals surface area contributed by atoms with Crippen LogP contribution >= 0.6 is 12.6 Å². The van der Waals surface area contributed by atoms with Crippen molar-refractivity contribution in [2.24, 2.45) is 5.73 Å². The Morgan fingerprint density at radius 3 is 2.48 bits per heavy atom. The third-order valence-electron chi connectivity index (χ3n) is 5.55. The van der Waals surface area contributed by atoms with Crippen LogP contribution < -0.4 is 16.4 Å². The molecule has 0 aromatic carbocycles. The Bertz CT molecular complexity index is 491. The number of nitrogens with two attached hydrogens (primary N) is 1. The van der Waals surface area contributed by atoms with Gasteiger partial charge in [-0.05, 0) is 65.6 Å². The second kappa shape index (κ2) is 11.9. The van der Waals surface area contributed by atoms with Gasteiger partial charge in [-0.15, -0.1) is 0 Å². The number of thiol groups is 1. The zero-order valence-electron chi connectivity index (χ0n) is 19.9. The van der Waals surface area contributed by atoms with E-state index in [4.69, 9.17) is 15.2 Å². The van der Waals surface area contributed by atoms with Gasteiger partial charge in [0.25, 0.3) is 0 Å². The van der Waals surface area contributed by atoms with Gasteiger partial charge in [0.05, 0.1) is 17.4 Å².